The van der Waals surface area contributed by atoms with Crippen LogP contribution in [0, 0.1) is 0 Å². The van der Waals surface area contributed by atoms with E-state index < -0.39 is 17.8 Å². The number of aromatic nitrogens is 2. The van der Waals surface area contributed by atoms with Crippen LogP contribution in [-0.2, 0) is 4.74 Å². The minimum atomic E-state index is -1.56. The van der Waals surface area contributed by atoms with Gasteiger partial charge < -0.3 is 9.84 Å². The van der Waals surface area contributed by atoms with Crippen LogP contribution in [0.4, 0.5) is 15.4 Å². The average molecular weight is 348 g/mol. The highest BCUT2D eigenvalue weighted by Gasteiger charge is 2.36. The third kappa shape index (κ3) is 3.78. The lowest BCUT2D eigenvalue weighted by Crippen LogP contribution is -2.41. The molecule has 0 aromatic carbocycles. The van der Waals surface area contributed by atoms with Crippen molar-refractivity contribution >= 4 is 41.2 Å². The fourth-order valence-corrected chi connectivity index (χ4v) is 2.26. The number of imide groups is 1. The summed E-state index contributed by atoms with van der Waals surface area (Å²) in [6.45, 7) is 4.86. The van der Waals surface area contributed by atoms with Crippen molar-refractivity contribution in [2.75, 3.05) is 4.90 Å². The molecular formula is C13H15Cl2N3O4. The van der Waals surface area contributed by atoms with E-state index in [0.29, 0.717) is 10.6 Å². The second-order valence-corrected chi connectivity index (χ2v) is 6.60. The summed E-state index contributed by atoms with van der Waals surface area (Å²) < 4.78 is 5.07. The monoisotopic (exact) mass is 347 g/mol. The largest absolute Gasteiger partial charge is 0.464 e. The van der Waals surface area contributed by atoms with Gasteiger partial charge >= 0.3 is 12.2 Å². The Morgan fingerprint density at radius 2 is 1.86 bits per heavy atom. The molecule has 22 heavy (non-hydrogen) atoms. The van der Waals surface area contributed by atoms with Gasteiger partial charge in [-0.15, -0.1) is 0 Å². The number of hydrogen-bond acceptors (Lipinski definition) is 5. The van der Waals surface area contributed by atoms with Crippen molar-refractivity contribution in [2.45, 2.75) is 45.1 Å². The lowest BCUT2D eigenvalue weighted by atomic mass is 10.2. The molecule has 120 valence electrons. The number of ether oxygens (including phenoxy) is 1. The van der Waals surface area contributed by atoms with Crippen molar-refractivity contribution in [2.24, 2.45) is 0 Å². The number of carboxylic acid groups (broad SMARTS) is 1. The molecule has 0 radical (unpaired) electrons. The molecule has 0 unspecified atom stereocenters. The first-order chi connectivity index (χ1) is 10.1. The molecule has 0 bridgehead atoms. The van der Waals surface area contributed by atoms with Gasteiger partial charge in [0.05, 0.1) is 5.69 Å². The number of amides is 2. The summed E-state index contributed by atoms with van der Waals surface area (Å²) in [4.78, 5) is 31.7. The molecule has 1 heterocycles. The summed E-state index contributed by atoms with van der Waals surface area (Å²) in [6, 6.07) is 0. The molecule has 1 aromatic heterocycles. The number of carbonyl (C=O) groups is 2. The van der Waals surface area contributed by atoms with Gasteiger partial charge in [0, 0.05) is 5.92 Å². The Kier molecular flexibility index (Phi) is 4.49. The van der Waals surface area contributed by atoms with Crippen molar-refractivity contribution in [3.63, 3.8) is 0 Å². The van der Waals surface area contributed by atoms with Gasteiger partial charge in [0.15, 0.2) is 5.82 Å². The van der Waals surface area contributed by atoms with Gasteiger partial charge in [0.1, 0.15) is 10.6 Å². The van der Waals surface area contributed by atoms with Gasteiger partial charge in [0.25, 0.3) is 0 Å². The molecule has 1 aromatic rings. The Bertz CT molecular complexity index is 626. The van der Waals surface area contributed by atoms with Gasteiger partial charge in [-0.2, -0.15) is 9.88 Å². The van der Waals surface area contributed by atoms with Crippen LogP contribution in [-0.4, -0.2) is 32.9 Å². The van der Waals surface area contributed by atoms with Crippen LogP contribution < -0.4 is 4.90 Å². The van der Waals surface area contributed by atoms with Gasteiger partial charge in [0.2, 0.25) is 5.28 Å². The molecule has 0 aliphatic heterocycles. The zero-order chi connectivity index (χ0) is 16.7. The highest BCUT2D eigenvalue weighted by atomic mass is 35.5. The number of rotatable bonds is 2. The normalized spacial score (nSPS) is 14.6. The quantitative estimate of drug-likeness (QED) is 0.810. The fraction of sp³-hybridized carbons (Fsp3) is 0.538. The van der Waals surface area contributed by atoms with Crippen molar-refractivity contribution in [3.8, 4) is 0 Å². The van der Waals surface area contributed by atoms with E-state index >= 15 is 0 Å². The second-order valence-electron chi connectivity index (χ2n) is 5.89. The van der Waals surface area contributed by atoms with Gasteiger partial charge in [-0.25, -0.2) is 14.6 Å². The predicted octanol–water partition coefficient (Wildman–Crippen LogP) is 4.08. The molecule has 9 heteroatoms. The summed E-state index contributed by atoms with van der Waals surface area (Å²) in [6.07, 6.45) is -0.899. The molecule has 0 spiro atoms. The standard InChI is InChI=1S/C13H15Cl2N3O4/c1-13(2,3)22-12(21)18(11(19)20)9-7(14)8(6-4-5-6)16-10(15)17-9/h6H,4-5H2,1-3H3,(H,19,20). The lowest BCUT2D eigenvalue weighted by molar-refractivity contribution is 0.0581. The molecule has 2 amide bonds. The SMILES string of the molecule is CC(C)(C)OC(=O)N(C(=O)O)c1nc(Cl)nc(C2CC2)c1Cl. The number of carbonyl (C=O) groups excluding carboxylic acids is 1. The first-order valence-corrected chi connectivity index (χ1v) is 7.34. The number of nitrogens with zero attached hydrogens (tertiary/aromatic N) is 3. The van der Waals surface area contributed by atoms with Crippen molar-refractivity contribution in [1.82, 2.24) is 9.97 Å². The first-order valence-electron chi connectivity index (χ1n) is 6.59. The molecular weight excluding hydrogens is 333 g/mol. The second kappa shape index (κ2) is 5.89. The Balaban J connectivity index is 2.45. The molecule has 1 aliphatic rings. The molecule has 0 saturated heterocycles. The maximum atomic E-state index is 12.1. The Labute approximate surface area is 137 Å². The maximum absolute atomic E-state index is 12.1. The zero-order valence-corrected chi connectivity index (χ0v) is 13.8. The molecule has 7 nitrogen and oxygen atoms in total. The van der Waals surface area contributed by atoms with Crippen molar-refractivity contribution in [3.05, 3.63) is 16.0 Å². The Hall–Kier alpha value is -1.60. The highest BCUT2D eigenvalue weighted by molar-refractivity contribution is 6.35. The molecule has 1 fully saturated rings. The molecule has 2 rings (SSSR count). The van der Waals surface area contributed by atoms with Gasteiger partial charge in [-0.1, -0.05) is 11.6 Å². The average Bonchev–Trinajstić information content (AvgIpc) is 3.14. The molecule has 1 aliphatic carbocycles. The van der Waals surface area contributed by atoms with E-state index in [1.165, 1.54) is 0 Å². The number of halogens is 2. The van der Waals surface area contributed by atoms with E-state index in [2.05, 4.69) is 9.97 Å². The topological polar surface area (TPSA) is 92.6 Å². The molecule has 1 saturated carbocycles. The maximum Gasteiger partial charge on any atom is 0.425 e. The van der Waals surface area contributed by atoms with Crippen molar-refractivity contribution < 1.29 is 19.4 Å². The Morgan fingerprint density at radius 1 is 1.27 bits per heavy atom. The first kappa shape index (κ1) is 16.8. The minimum absolute atomic E-state index is 0.000147. The summed E-state index contributed by atoms with van der Waals surface area (Å²) in [5.74, 6) is -0.175. The van der Waals surface area contributed by atoms with E-state index in [-0.39, 0.29) is 22.0 Å². The highest BCUT2D eigenvalue weighted by Crippen LogP contribution is 2.44. The van der Waals surface area contributed by atoms with Crippen LogP contribution >= 0.6 is 23.2 Å². The van der Waals surface area contributed by atoms with Gasteiger partial charge in [-0.3, -0.25) is 0 Å². The third-order valence-electron chi connectivity index (χ3n) is 2.78. The fourth-order valence-electron chi connectivity index (χ4n) is 1.76. The van der Waals surface area contributed by atoms with E-state index in [4.69, 9.17) is 27.9 Å². The van der Waals surface area contributed by atoms with Crippen LogP contribution in [0.1, 0.15) is 45.2 Å². The van der Waals surface area contributed by atoms with E-state index in [9.17, 15) is 14.7 Å². The van der Waals surface area contributed by atoms with Crippen molar-refractivity contribution in [1.29, 1.82) is 0 Å². The molecule has 1 N–H and O–H groups in total. The van der Waals surface area contributed by atoms with E-state index in [1.54, 1.807) is 20.8 Å². The number of anilines is 1. The smallest absolute Gasteiger partial charge is 0.425 e. The minimum Gasteiger partial charge on any atom is -0.464 e. The third-order valence-corrected chi connectivity index (χ3v) is 3.31. The summed E-state index contributed by atoms with van der Waals surface area (Å²) in [7, 11) is 0. The zero-order valence-electron chi connectivity index (χ0n) is 12.3. The summed E-state index contributed by atoms with van der Waals surface area (Å²) in [5, 5.41) is 9.15. The van der Waals surface area contributed by atoms with Crippen LogP contribution in [0.15, 0.2) is 0 Å². The Morgan fingerprint density at radius 3 is 2.32 bits per heavy atom. The van der Waals surface area contributed by atoms with Gasteiger partial charge in [-0.05, 0) is 45.2 Å². The van der Waals surface area contributed by atoms with E-state index in [0.717, 1.165) is 12.8 Å². The predicted molar refractivity (Wildman–Crippen MR) is 80.8 cm³/mol. The van der Waals surface area contributed by atoms with Crippen LogP contribution in [0.5, 0.6) is 0 Å². The van der Waals surface area contributed by atoms with Crippen LogP contribution in [0.2, 0.25) is 10.3 Å². The molecule has 0 atom stereocenters. The number of hydrogen-bond donors (Lipinski definition) is 1. The lowest BCUT2D eigenvalue weighted by Gasteiger charge is -2.24. The summed E-state index contributed by atoms with van der Waals surface area (Å²) >= 11 is 12.0. The summed E-state index contributed by atoms with van der Waals surface area (Å²) in [5.41, 5.74) is -0.417. The van der Waals surface area contributed by atoms with Crippen LogP contribution in [0.25, 0.3) is 0 Å². The van der Waals surface area contributed by atoms with Crippen LogP contribution in [0.3, 0.4) is 0 Å². The van der Waals surface area contributed by atoms with E-state index in [1.807, 2.05) is 0 Å².